The van der Waals surface area contributed by atoms with Crippen LogP contribution in [0.3, 0.4) is 0 Å². The molecule has 12 nitrogen and oxygen atoms in total. The van der Waals surface area contributed by atoms with Gasteiger partial charge in [-0.1, -0.05) is 12.1 Å². The van der Waals surface area contributed by atoms with Crippen molar-refractivity contribution < 1.29 is 23.5 Å². The number of halogens is 1. The highest BCUT2D eigenvalue weighted by atomic mass is 19.1. The van der Waals surface area contributed by atoms with Crippen molar-refractivity contribution in [2.75, 3.05) is 64.2 Å². The number of nitrogens with one attached hydrogen (secondary N) is 3. The van der Waals surface area contributed by atoms with Crippen LogP contribution in [0, 0.1) is 5.82 Å². The number of fused-ring (bicyclic) bond motifs is 1. The van der Waals surface area contributed by atoms with Gasteiger partial charge >= 0.3 is 5.97 Å². The highest BCUT2D eigenvalue weighted by Crippen LogP contribution is 2.33. The molecule has 1 fully saturated rings. The van der Waals surface area contributed by atoms with E-state index in [1.54, 1.807) is 50.7 Å². The van der Waals surface area contributed by atoms with Crippen molar-refractivity contribution in [1.29, 1.82) is 0 Å². The van der Waals surface area contributed by atoms with E-state index < -0.39 is 11.9 Å². The summed E-state index contributed by atoms with van der Waals surface area (Å²) in [6.07, 6.45) is 4.37. The number of hydrogen-bond donors (Lipinski definition) is 3. The molecule has 5 rings (SSSR count). The smallest absolute Gasteiger partial charge is 0.311 e. The predicted molar refractivity (Wildman–Crippen MR) is 161 cm³/mol. The van der Waals surface area contributed by atoms with E-state index in [9.17, 15) is 9.59 Å². The number of anilines is 3. The van der Waals surface area contributed by atoms with Crippen molar-refractivity contribution >= 4 is 40.1 Å². The molecule has 226 valence electrons. The monoisotopic (exact) mass is 590 g/mol. The predicted octanol–water partition coefficient (Wildman–Crippen LogP) is 3.21. The van der Waals surface area contributed by atoms with Crippen LogP contribution in [-0.2, 0) is 25.5 Å². The number of benzene rings is 1. The van der Waals surface area contributed by atoms with E-state index in [1.165, 1.54) is 0 Å². The Kier molecular flexibility index (Phi) is 9.55. The van der Waals surface area contributed by atoms with Crippen molar-refractivity contribution in [1.82, 2.24) is 29.7 Å². The number of amides is 1. The summed E-state index contributed by atoms with van der Waals surface area (Å²) in [6.45, 7) is 5.62. The molecule has 4 aromatic rings. The van der Waals surface area contributed by atoms with Crippen LogP contribution in [0.1, 0.15) is 12.6 Å². The van der Waals surface area contributed by atoms with Gasteiger partial charge in [-0.25, -0.2) is 14.4 Å². The quantitative estimate of drug-likeness (QED) is 0.223. The molecule has 0 bridgehead atoms. The zero-order chi connectivity index (χ0) is 30.3. The van der Waals surface area contributed by atoms with Gasteiger partial charge < -0.3 is 30.0 Å². The number of rotatable bonds is 11. The first kappa shape index (κ1) is 30.0. The largest absolute Gasteiger partial charge is 0.466 e. The van der Waals surface area contributed by atoms with Crippen molar-refractivity contribution in [2.45, 2.75) is 19.4 Å². The fourth-order valence-electron chi connectivity index (χ4n) is 5.02. The second-order valence-corrected chi connectivity index (χ2v) is 10.3. The molecule has 0 aliphatic carbocycles. The third-order valence-electron chi connectivity index (χ3n) is 7.29. The molecule has 43 heavy (non-hydrogen) atoms. The topological polar surface area (TPSA) is 138 Å². The molecule has 1 aliphatic heterocycles. The number of para-hydroxylation sites is 1. The van der Waals surface area contributed by atoms with Gasteiger partial charge in [0.25, 0.3) is 0 Å². The van der Waals surface area contributed by atoms with Gasteiger partial charge in [-0.05, 0) is 32.2 Å². The highest BCUT2D eigenvalue weighted by molar-refractivity contribution is 6.06. The molecular formula is C30H35FN8O4. The zero-order valence-electron chi connectivity index (χ0n) is 24.4. The number of H-pyrrole nitrogens is 1. The first-order valence-corrected chi connectivity index (χ1v) is 14.1. The molecule has 13 heteroatoms. The summed E-state index contributed by atoms with van der Waals surface area (Å²) in [6, 6.07) is 8.43. The van der Waals surface area contributed by atoms with Gasteiger partial charge in [-0.3, -0.25) is 19.5 Å². The number of methoxy groups -OCH3 is 1. The summed E-state index contributed by atoms with van der Waals surface area (Å²) in [5, 5.41) is 6.76. The molecule has 4 heterocycles. The number of esters is 1. The van der Waals surface area contributed by atoms with Gasteiger partial charge in [0.2, 0.25) is 11.9 Å². The Bertz CT molecular complexity index is 1570. The number of nitrogens with zero attached hydrogens (tertiary/aromatic N) is 5. The Labute approximate surface area is 248 Å². The lowest BCUT2D eigenvalue weighted by Crippen LogP contribution is -2.54. The molecule has 0 unspecified atom stereocenters. The summed E-state index contributed by atoms with van der Waals surface area (Å²) < 4.78 is 25.4. The van der Waals surface area contributed by atoms with Crippen molar-refractivity contribution in [3.8, 4) is 11.3 Å². The molecule has 1 aromatic carbocycles. The second-order valence-electron chi connectivity index (χ2n) is 10.3. The van der Waals surface area contributed by atoms with Crippen LogP contribution in [-0.4, -0.2) is 101 Å². The van der Waals surface area contributed by atoms with Gasteiger partial charge in [-0.15, -0.1) is 0 Å². The van der Waals surface area contributed by atoms with Crippen LogP contribution in [0.2, 0.25) is 0 Å². The van der Waals surface area contributed by atoms with E-state index in [1.807, 2.05) is 6.07 Å². The van der Waals surface area contributed by atoms with Crippen LogP contribution in [0.15, 0.2) is 48.9 Å². The van der Waals surface area contributed by atoms with E-state index >= 15 is 4.39 Å². The number of ether oxygens (including phenoxy) is 2. The Balaban J connectivity index is 1.34. The highest BCUT2D eigenvalue weighted by Gasteiger charge is 2.29. The van der Waals surface area contributed by atoms with Crippen LogP contribution >= 0.6 is 0 Å². The Hall–Kier alpha value is -4.46. The fraction of sp³-hybridized carbons (Fsp3) is 0.367. The molecular weight excluding hydrogens is 555 g/mol. The number of aromatic nitrogens is 4. The maximum absolute atomic E-state index is 15.1. The van der Waals surface area contributed by atoms with Gasteiger partial charge in [0.15, 0.2) is 5.82 Å². The number of aromatic amines is 1. The lowest BCUT2D eigenvalue weighted by Gasteiger charge is -2.36. The fourth-order valence-corrected chi connectivity index (χ4v) is 5.02. The van der Waals surface area contributed by atoms with Crippen LogP contribution < -0.4 is 10.6 Å². The summed E-state index contributed by atoms with van der Waals surface area (Å²) in [4.78, 5) is 45.4. The number of carbonyl (C=O) groups excluding carboxylic acids is 2. The Morgan fingerprint density at radius 2 is 1.93 bits per heavy atom. The second kappa shape index (κ2) is 13.7. The number of piperazine rings is 1. The maximum atomic E-state index is 15.1. The molecule has 0 radical (unpaired) electrons. The normalized spacial score (nSPS) is 14.9. The molecule has 1 saturated heterocycles. The molecule has 3 N–H and O–H groups in total. The van der Waals surface area contributed by atoms with Crippen LogP contribution in [0.5, 0.6) is 0 Å². The minimum atomic E-state index is -0.598. The molecule has 0 saturated carbocycles. The average Bonchev–Trinajstić information content (AvgIpc) is 3.43. The zero-order valence-corrected chi connectivity index (χ0v) is 24.4. The summed E-state index contributed by atoms with van der Waals surface area (Å²) in [7, 11) is 3.65. The van der Waals surface area contributed by atoms with E-state index in [0.717, 1.165) is 32.4 Å². The minimum absolute atomic E-state index is 0.0667. The third-order valence-corrected chi connectivity index (χ3v) is 7.29. The van der Waals surface area contributed by atoms with Gasteiger partial charge in [-0.2, -0.15) is 0 Å². The summed E-state index contributed by atoms with van der Waals surface area (Å²) in [5.74, 6) is -0.950. The van der Waals surface area contributed by atoms with E-state index in [-0.39, 0.29) is 36.5 Å². The molecule has 1 amide bonds. The third kappa shape index (κ3) is 7.13. The van der Waals surface area contributed by atoms with Gasteiger partial charge in [0.1, 0.15) is 11.7 Å². The molecule has 0 spiro atoms. The summed E-state index contributed by atoms with van der Waals surface area (Å²) in [5.41, 5.74) is 2.96. The van der Waals surface area contributed by atoms with Gasteiger partial charge in [0, 0.05) is 50.4 Å². The van der Waals surface area contributed by atoms with Crippen LogP contribution in [0.4, 0.5) is 21.7 Å². The number of carbonyl (C=O) groups is 2. The summed E-state index contributed by atoms with van der Waals surface area (Å²) >= 11 is 0. The van der Waals surface area contributed by atoms with Crippen molar-refractivity contribution in [2.24, 2.45) is 0 Å². The first-order chi connectivity index (χ1) is 20.9. The van der Waals surface area contributed by atoms with E-state index in [0.29, 0.717) is 40.1 Å². The van der Waals surface area contributed by atoms with E-state index in [4.69, 9.17) is 9.47 Å². The lowest BCUT2D eigenvalue weighted by molar-refractivity contribution is -0.142. The van der Waals surface area contributed by atoms with Gasteiger partial charge in [0.05, 0.1) is 54.6 Å². The number of hydrogen-bond acceptors (Lipinski definition) is 10. The minimum Gasteiger partial charge on any atom is -0.466 e. The average molecular weight is 591 g/mol. The van der Waals surface area contributed by atoms with Crippen molar-refractivity contribution in [3.05, 3.63) is 60.4 Å². The first-order valence-electron chi connectivity index (χ1n) is 14.1. The molecule has 1 aliphatic rings. The maximum Gasteiger partial charge on any atom is 0.311 e. The molecule has 1 atom stereocenters. The lowest BCUT2D eigenvalue weighted by atomic mass is 10.1. The SMILES string of the molecule is CCOC(=O)Cc1ccc(Nc2ncc(F)c(-c3c[nH]c4c(NC(=O)[C@@H](COC)N5CCN(C)CC5)cccc34)n2)cn1. The Morgan fingerprint density at radius 3 is 2.65 bits per heavy atom. The van der Waals surface area contributed by atoms with Crippen molar-refractivity contribution in [3.63, 3.8) is 0 Å². The standard InChI is InChI=1S/C30H35FN8O4/c1-4-43-26(40)14-19-8-9-20(15-32-19)35-30-34-17-23(31)27(37-30)22-16-33-28-21(22)6-5-7-24(28)36-29(41)25(18-42-3)39-12-10-38(2)11-13-39/h5-9,15-17,25,33H,4,10-14,18H2,1-3H3,(H,36,41)(H,34,35,37)/t25-/m1/s1. The van der Waals surface area contributed by atoms with E-state index in [2.05, 4.69) is 47.4 Å². The molecule has 3 aromatic heterocycles. The number of likely N-dealkylation sites (N-methyl/N-ethyl adjacent to an activating group) is 1. The van der Waals surface area contributed by atoms with Crippen LogP contribution in [0.25, 0.3) is 22.2 Å². The Morgan fingerprint density at radius 1 is 1.12 bits per heavy atom. The number of pyridine rings is 1.